The zero-order chi connectivity index (χ0) is 41.6. The van der Waals surface area contributed by atoms with Gasteiger partial charge in [0.15, 0.2) is 0 Å². The predicted octanol–water partition coefficient (Wildman–Crippen LogP) is 16.7. The van der Waals surface area contributed by atoms with Crippen molar-refractivity contribution in [1.82, 2.24) is 4.40 Å². The van der Waals surface area contributed by atoms with Crippen molar-refractivity contribution in [1.29, 1.82) is 0 Å². The Morgan fingerprint density at radius 2 is 0.689 bits per heavy atom. The molecule has 0 spiro atoms. The van der Waals surface area contributed by atoms with E-state index in [1.165, 1.54) is 82.1 Å². The largest absolute Gasteiger partial charge is 0.309 e. The summed E-state index contributed by atoms with van der Waals surface area (Å²) in [7, 11) is 0. The first-order chi connectivity index (χ1) is 29.6. The highest BCUT2D eigenvalue weighted by Crippen LogP contribution is 2.53. The van der Waals surface area contributed by atoms with E-state index in [1.807, 2.05) is 0 Å². The fourth-order valence-corrected chi connectivity index (χ4v) is 9.72. The van der Waals surface area contributed by atoms with E-state index in [-0.39, 0.29) is 10.8 Å². The summed E-state index contributed by atoms with van der Waals surface area (Å²) in [6, 6.07) is 69.8. The zero-order valence-electron chi connectivity index (χ0n) is 35.7. The molecule has 0 unspecified atom stereocenters. The van der Waals surface area contributed by atoms with Gasteiger partial charge in [0, 0.05) is 55.1 Å². The van der Waals surface area contributed by atoms with Crippen LogP contribution in [0.15, 0.2) is 188 Å². The molecule has 0 aliphatic heterocycles. The molecule has 0 aliphatic carbocycles. The summed E-state index contributed by atoms with van der Waals surface area (Å²) in [4.78, 5) is 4.97. The van der Waals surface area contributed by atoms with E-state index < -0.39 is 0 Å². The molecule has 0 N–H and O–H groups in total. The fourth-order valence-electron chi connectivity index (χ4n) is 9.72. The lowest BCUT2D eigenvalue weighted by atomic mass is 9.87. The molecule has 0 saturated heterocycles. The summed E-state index contributed by atoms with van der Waals surface area (Å²) < 4.78 is 2.57. The number of aromatic nitrogens is 1. The summed E-state index contributed by atoms with van der Waals surface area (Å²) >= 11 is 0. The molecule has 2 heterocycles. The quantitative estimate of drug-likeness (QED) is 0.166. The molecule has 9 aromatic carbocycles. The number of para-hydroxylation sites is 3. The third-order valence-electron chi connectivity index (χ3n) is 12.7. The Balaban J connectivity index is 1.28. The Morgan fingerprint density at radius 3 is 1.08 bits per heavy atom. The van der Waals surface area contributed by atoms with Crippen molar-refractivity contribution in [3.05, 3.63) is 199 Å². The number of hydrogen-bond donors (Lipinski definition) is 0. The van der Waals surface area contributed by atoms with Crippen LogP contribution in [0.3, 0.4) is 0 Å². The molecule has 61 heavy (non-hydrogen) atoms. The number of benzene rings is 9. The highest BCUT2D eigenvalue weighted by molar-refractivity contribution is 6.33. The second kappa shape index (κ2) is 13.7. The van der Waals surface area contributed by atoms with Crippen LogP contribution in [0.4, 0.5) is 34.1 Å². The lowest BCUT2D eigenvalue weighted by molar-refractivity contribution is 0.590. The smallest absolute Gasteiger partial charge is 0.0640 e. The van der Waals surface area contributed by atoms with Crippen LogP contribution in [0.1, 0.15) is 52.7 Å². The molecule has 296 valence electrons. The van der Waals surface area contributed by atoms with Gasteiger partial charge in [0.2, 0.25) is 0 Å². The molecule has 0 aliphatic rings. The van der Waals surface area contributed by atoms with Crippen LogP contribution in [-0.4, -0.2) is 4.40 Å². The lowest BCUT2D eigenvalue weighted by Gasteiger charge is -2.29. The van der Waals surface area contributed by atoms with Crippen LogP contribution in [0.2, 0.25) is 0 Å². The Hall–Kier alpha value is -7.10. The maximum Gasteiger partial charge on any atom is 0.0640 e. The average molecular weight is 788 g/mol. The third-order valence-corrected chi connectivity index (χ3v) is 12.7. The summed E-state index contributed by atoms with van der Waals surface area (Å²) in [5, 5.41) is 9.83. The van der Waals surface area contributed by atoms with Crippen molar-refractivity contribution in [2.45, 2.75) is 52.4 Å². The van der Waals surface area contributed by atoms with E-state index in [1.54, 1.807) is 0 Å². The monoisotopic (exact) mass is 787 g/mol. The topological polar surface area (TPSA) is 10.9 Å². The molecule has 0 bridgehead atoms. The molecule has 0 saturated carbocycles. The van der Waals surface area contributed by atoms with E-state index in [9.17, 15) is 0 Å². The minimum absolute atomic E-state index is 0.0476. The molecule has 0 radical (unpaired) electrons. The number of hydrogen-bond acceptors (Lipinski definition) is 2. The first-order valence-corrected chi connectivity index (χ1v) is 21.5. The summed E-state index contributed by atoms with van der Waals surface area (Å²) in [5.41, 5.74) is 13.3. The van der Waals surface area contributed by atoms with Crippen LogP contribution in [0, 0.1) is 0 Å². The number of nitrogens with zero attached hydrogens (tertiary/aromatic N) is 3. The van der Waals surface area contributed by atoms with Crippen molar-refractivity contribution < 1.29 is 0 Å². The molecular weight excluding hydrogens is 739 g/mol. The minimum atomic E-state index is 0.0476. The molecule has 3 heteroatoms. The predicted molar refractivity (Wildman–Crippen MR) is 263 cm³/mol. The maximum absolute atomic E-state index is 2.57. The van der Waals surface area contributed by atoms with E-state index in [0.717, 1.165) is 22.7 Å². The molecule has 0 fully saturated rings. The highest BCUT2D eigenvalue weighted by atomic mass is 15.2. The van der Waals surface area contributed by atoms with Gasteiger partial charge in [-0.1, -0.05) is 169 Å². The van der Waals surface area contributed by atoms with Gasteiger partial charge in [-0.15, -0.1) is 0 Å². The standard InChI is InChI=1S/C58H49N3/c1-57(2,3)40-28-32-44(33-29-40)59(42-20-9-7-10-21-42)55-46-24-15-13-18-38(46)36-50-52(55)48-26-17-27-49-53-51(61(50)54(48)49)37-39-19-14-16-25-47(39)56(53)60(43-22-11-8-12-23-43)45-34-30-41(31-35-45)58(4,5)6/h7-37H,1-6H3. The second-order valence-electron chi connectivity index (χ2n) is 18.7. The highest BCUT2D eigenvalue weighted by Gasteiger charge is 2.29. The molecule has 3 nitrogen and oxygen atoms in total. The number of fused-ring (bicyclic) bond motifs is 8. The molecule has 2 aromatic heterocycles. The lowest BCUT2D eigenvalue weighted by Crippen LogP contribution is -2.14. The third kappa shape index (κ3) is 5.86. The van der Waals surface area contributed by atoms with Crippen LogP contribution >= 0.6 is 0 Å². The van der Waals surface area contributed by atoms with Crippen molar-refractivity contribution in [2.24, 2.45) is 0 Å². The normalized spacial score (nSPS) is 12.4. The second-order valence-corrected chi connectivity index (χ2v) is 18.7. The van der Waals surface area contributed by atoms with Gasteiger partial charge in [0.05, 0.1) is 27.9 Å². The van der Waals surface area contributed by atoms with Crippen LogP contribution in [-0.2, 0) is 10.8 Å². The van der Waals surface area contributed by atoms with Crippen LogP contribution in [0.5, 0.6) is 0 Å². The fraction of sp³-hybridized carbons (Fsp3) is 0.138. The van der Waals surface area contributed by atoms with Gasteiger partial charge in [-0.25, -0.2) is 0 Å². The first-order valence-electron chi connectivity index (χ1n) is 21.5. The van der Waals surface area contributed by atoms with Crippen molar-refractivity contribution in [3.63, 3.8) is 0 Å². The van der Waals surface area contributed by atoms with E-state index >= 15 is 0 Å². The minimum Gasteiger partial charge on any atom is -0.309 e. The van der Waals surface area contributed by atoms with Crippen molar-refractivity contribution in [2.75, 3.05) is 9.80 Å². The van der Waals surface area contributed by atoms with Gasteiger partial charge in [-0.3, -0.25) is 0 Å². The zero-order valence-corrected chi connectivity index (χ0v) is 35.7. The Labute approximate surface area is 358 Å². The summed E-state index contributed by atoms with van der Waals surface area (Å²) in [6.45, 7) is 13.7. The van der Waals surface area contributed by atoms with E-state index in [0.29, 0.717) is 0 Å². The van der Waals surface area contributed by atoms with Gasteiger partial charge in [-0.05, 0) is 93.4 Å². The molecule has 11 rings (SSSR count). The number of rotatable bonds is 6. The first kappa shape index (κ1) is 36.9. The number of anilines is 6. The molecule has 0 amide bonds. The van der Waals surface area contributed by atoms with Gasteiger partial charge < -0.3 is 14.2 Å². The van der Waals surface area contributed by atoms with Crippen molar-refractivity contribution >= 4 is 93.8 Å². The van der Waals surface area contributed by atoms with Gasteiger partial charge >= 0.3 is 0 Å². The average Bonchev–Trinajstić information content (AvgIpc) is 3.79. The van der Waals surface area contributed by atoms with Crippen LogP contribution < -0.4 is 9.80 Å². The van der Waals surface area contributed by atoms with E-state index in [2.05, 4.69) is 244 Å². The Bertz CT molecular complexity index is 3180. The van der Waals surface area contributed by atoms with Crippen molar-refractivity contribution in [3.8, 4) is 0 Å². The summed E-state index contributed by atoms with van der Waals surface area (Å²) in [5.74, 6) is 0. The molecule has 0 atom stereocenters. The SMILES string of the molecule is CC(C)(C)c1ccc(N(c2ccccc2)c2c3ccccc3cc3c2c2cccc4c5c(N(c6ccccc6)c6ccc(C(C)(C)C)cc6)c6ccccc6cc5n3c24)cc1. The van der Waals surface area contributed by atoms with Crippen LogP contribution in [0.25, 0.3) is 59.6 Å². The molecule has 11 aromatic rings. The van der Waals surface area contributed by atoms with Gasteiger partial charge in [0.1, 0.15) is 0 Å². The van der Waals surface area contributed by atoms with Gasteiger partial charge in [0.25, 0.3) is 0 Å². The Kier molecular flexibility index (Phi) is 8.31. The Morgan fingerprint density at radius 1 is 0.344 bits per heavy atom. The van der Waals surface area contributed by atoms with Gasteiger partial charge in [-0.2, -0.15) is 0 Å². The van der Waals surface area contributed by atoms with E-state index in [4.69, 9.17) is 0 Å². The molecular formula is C58H49N3. The maximum atomic E-state index is 2.57. The summed E-state index contributed by atoms with van der Waals surface area (Å²) in [6.07, 6.45) is 0.